The van der Waals surface area contributed by atoms with Crippen LogP contribution in [-0.2, 0) is 4.79 Å². The quantitative estimate of drug-likeness (QED) is 0.750. The number of hydrogen-bond donors (Lipinski definition) is 2. The monoisotopic (exact) mass is 208 g/mol. The zero-order valence-electron chi connectivity index (χ0n) is 8.81. The van der Waals surface area contributed by atoms with Crippen molar-refractivity contribution < 1.29 is 9.90 Å². The van der Waals surface area contributed by atoms with Gasteiger partial charge in [-0.15, -0.1) is 0 Å². The van der Waals surface area contributed by atoms with Crippen LogP contribution in [0.25, 0.3) is 0 Å². The molecular formula is C11H16N2O2. The Morgan fingerprint density at radius 2 is 2.20 bits per heavy atom. The van der Waals surface area contributed by atoms with Gasteiger partial charge >= 0.3 is 5.97 Å². The Kier molecular flexibility index (Phi) is 4.60. The lowest BCUT2D eigenvalue weighted by Crippen LogP contribution is -2.12. The van der Waals surface area contributed by atoms with Gasteiger partial charge in [0.25, 0.3) is 0 Å². The fourth-order valence-corrected chi connectivity index (χ4v) is 1.23. The molecule has 0 spiro atoms. The van der Waals surface area contributed by atoms with Crippen molar-refractivity contribution in [1.29, 1.82) is 0 Å². The maximum Gasteiger partial charge on any atom is 0.303 e. The number of pyridine rings is 1. The van der Waals surface area contributed by atoms with Crippen molar-refractivity contribution in [3.63, 3.8) is 0 Å². The molecule has 1 aromatic heterocycles. The van der Waals surface area contributed by atoms with E-state index in [-0.39, 0.29) is 6.42 Å². The maximum atomic E-state index is 10.3. The highest BCUT2D eigenvalue weighted by atomic mass is 16.4. The van der Waals surface area contributed by atoms with Gasteiger partial charge in [-0.25, -0.2) is 0 Å². The second-order valence-corrected chi connectivity index (χ2v) is 3.65. The molecule has 0 aliphatic carbocycles. The number of carbonyl (C=O) groups is 1. The average Bonchev–Trinajstić information content (AvgIpc) is 2.25. The number of nitrogens with one attached hydrogen (secondary N) is 1. The molecule has 0 fully saturated rings. The van der Waals surface area contributed by atoms with Crippen LogP contribution in [0.3, 0.4) is 0 Å². The SMILES string of the molecule is CC(CCC(=O)O)CNc1ccncc1. The van der Waals surface area contributed by atoms with Crippen molar-refractivity contribution in [2.24, 2.45) is 5.92 Å². The molecule has 0 amide bonds. The van der Waals surface area contributed by atoms with E-state index in [1.54, 1.807) is 12.4 Å². The van der Waals surface area contributed by atoms with E-state index in [4.69, 9.17) is 5.11 Å². The summed E-state index contributed by atoms with van der Waals surface area (Å²) in [5, 5.41) is 11.8. The normalized spacial score (nSPS) is 12.1. The van der Waals surface area contributed by atoms with Gasteiger partial charge in [0.2, 0.25) is 0 Å². The predicted molar refractivity (Wildman–Crippen MR) is 58.8 cm³/mol. The zero-order chi connectivity index (χ0) is 11.1. The Bertz CT molecular complexity index is 301. The third kappa shape index (κ3) is 5.00. The minimum Gasteiger partial charge on any atom is -0.481 e. The molecule has 0 saturated carbocycles. The van der Waals surface area contributed by atoms with E-state index in [0.717, 1.165) is 12.2 Å². The van der Waals surface area contributed by atoms with Gasteiger partial charge in [0, 0.05) is 31.0 Å². The van der Waals surface area contributed by atoms with E-state index in [2.05, 4.69) is 10.3 Å². The molecule has 4 nitrogen and oxygen atoms in total. The Balaban J connectivity index is 2.22. The highest BCUT2D eigenvalue weighted by molar-refractivity contribution is 5.66. The van der Waals surface area contributed by atoms with Crippen LogP contribution in [0.4, 0.5) is 5.69 Å². The summed E-state index contributed by atoms with van der Waals surface area (Å²) >= 11 is 0. The maximum absolute atomic E-state index is 10.3. The van der Waals surface area contributed by atoms with Crippen molar-refractivity contribution >= 4 is 11.7 Å². The third-order valence-electron chi connectivity index (χ3n) is 2.19. The van der Waals surface area contributed by atoms with E-state index >= 15 is 0 Å². The van der Waals surface area contributed by atoms with Crippen LogP contribution in [0.15, 0.2) is 24.5 Å². The minimum absolute atomic E-state index is 0.235. The van der Waals surface area contributed by atoms with Crippen LogP contribution >= 0.6 is 0 Å². The number of carboxylic acid groups (broad SMARTS) is 1. The molecular weight excluding hydrogens is 192 g/mol. The summed E-state index contributed by atoms with van der Waals surface area (Å²) in [6, 6.07) is 3.79. The summed E-state index contributed by atoms with van der Waals surface area (Å²) in [4.78, 5) is 14.3. The van der Waals surface area contributed by atoms with E-state index in [1.807, 2.05) is 19.1 Å². The Hall–Kier alpha value is -1.58. The molecule has 4 heteroatoms. The van der Waals surface area contributed by atoms with E-state index in [0.29, 0.717) is 12.3 Å². The Labute approximate surface area is 89.3 Å². The number of carboxylic acids is 1. The lowest BCUT2D eigenvalue weighted by molar-refractivity contribution is -0.137. The standard InChI is InChI=1S/C11H16N2O2/c1-9(2-3-11(14)15)8-13-10-4-6-12-7-5-10/h4-7,9H,2-3,8H2,1H3,(H,12,13)(H,14,15). The van der Waals surface area contributed by atoms with Gasteiger partial charge in [-0.2, -0.15) is 0 Å². The largest absolute Gasteiger partial charge is 0.481 e. The molecule has 1 unspecified atom stereocenters. The van der Waals surface area contributed by atoms with Crippen molar-refractivity contribution in [3.05, 3.63) is 24.5 Å². The van der Waals surface area contributed by atoms with E-state index in [1.165, 1.54) is 0 Å². The summed E-state index contributed by atoms with van der Waals surface area (Å²) in [6.07, 6.45) is 4.39. The van der Waals surface area contributed by atoms with Crippen molar-refractivity contribution in [3.8, 4) is 0 Å². The highest BCUT2D eigenvalue weighted by Crippen LogP contribution is 2.09. The molecule has 1 rings (SSSR count). The summed E-state index contributed by atoms with van der Waals surface area (Å²) in [7, 11) is 0. The average molecular weight is 208 g/mol. The Morgan fingerprint density at radius 3 is 2.80 bits per heavy atom. The predicted octanol–water partition coefficient (Wildman–Crippen LogP) is 1.99. The van der Waals surface area contributed by atoms with E-state index < -0.39 is 5.97 Å². The second-order valence-electron chi connectivity index (χ2n) is 3.65. The van der Waals surface area contributed by atoms with Crippen LogP contribution in [0, 0.1) is 5.92 Å². The van der Waals surface area contributed by atoms with Gasteiger partial charge in [-0.1, -0.05) is 6.92 Å². The van der Waals surface area contributed by atoms with Gasteiger partial charge in [0.1, 0.15) is 0 Å². The summed E-state index contributed by atoms with van der Waals surface area (Å²) in [5.41, 5.74) is 1.02. The molecule has 0 radical (unpaired) electrons. The van der Waals surface area contributed by atoms with Gasteiger partial charge in [-0.3, -0.25) is 9.78 Å². The van der Waals surface area contributed by atoms with Gasteiger partial charge in [0.15, 0.2) is 0 Å². The van der Waals surface area contributed by atoms with Gasteiger partial charge in [0.05, 0.1) is 0 Å². The lowest BCUT2D eigenvalue weighted by Gasteiger charge is -2.11. The zero-order valence-corrected chi connectivity index (χ0v) is 8.81. The van der Waals surface area contributed by atoms with Crippen molar-refractivity contribution in [2.45, 2.75) is 19.8 Å². The first-order valence-electron chi connectivity index (χ1n) is 5.04. The summed E-state index contributed by atoms with van der Waals surface area (Å²) < 4.78 is 0. The molecule has 0 saturated heterocycles. The number of rotatable bonds is 6. The first-order valence-corrected chi connectivity index (χ1v) is 5.04. The molecule has 1 aromatic rings. The fourth-order valence-electron chi connectivity index (χ4n) is 1.23. The Morgan fingerprint density at radius 1 is 1.53 bits per heavy atom. The minimum atomic E-state index is -0.731. The smallest absolute Gasteiger partial charge is 0.303 e. The lowest BCUT2D eigenvalue weighted by atomic mass is 10.1. The molecule has 15 heavy (non-hydrogen) atoms. The van der Waals surface area contributed by atoms with Gasteiger partial charge in [-0.05, 0) is 24.5 Å². The van der Waals surface area contributed by atoms with Crippen molar-refractivity contribution in [2.75, 3.05) is 11.9 Å². The number of aliphatic carboxylic acids is 1. The third-order valence-corrected chi connectivity index (χ3v) is 2.19. The number of anilines is 1. The second kappa shape index (κ2) is 6.01. The molecule has 0 bridgehead atoms. The highest BCUT2D eigenvalue weighted by Gasteiger charge is 2.04. The molecule has 2 N–H and O–H groups in total. The molecule has 0 aliphatic rings. The summed E-state index contributed by atoms with van der Waals surface area (Å²) in [6.45, 7) is 2.83. The molecule has 0 aromatic carbocycles. The number of hydrogen-bond acceptors (Lipinski definition) is 3. The fraction of sp³-hybridized carbons (Fsp3) is 0.455. The first kappa shape index (κ1) is 11.5. The van der Waals surface area contributed by atoms with Crippen LogP contribution in [0.1, 0.15) is 19.8 Å². The number of aromatic nitrogens is 1. The topological polar surface area (TPSA) is 62.2 Å². The van der Waals surface area contributed by atoms with Crippen LogP contribution < -0.4 is 5.32 Å². The van der Waals surface area contributed by atoms with E-state index in [9.17, 15) is 4.79 Å². The van der Waals surface area contributed by atoms with Crippen molar-refractivity contribution in [1.82, 2.24) is 4.98 Å². The van der Waals surface area contributed by atoms with Crippen LogP contribution in [0.5, 0.6) is 0 Å². The summed E-state index contributed by atoms with van der Waals surface area (Å²) in [5.74, 6) is -0.375. The first-order chi connectivity index (χ1) is 7.18. The number of nitrogens with zero attached hydrogens (tertiary/aromatic N) is 1. The molecule has 1 atom stereocenters. The molecule has 82 valence electrons. The van der Waals surface area contributed by atoms with Crippen LogP contribution in [-0.4, -0.2) is 22.6 Å². The van der Waals surface area contributed by atoms with Crippen LogP contribution in [0.2, 0.25) is 0 Å². The van der Waals surface area contributed by atoms with Gasteiger partial charge < -0.3 is 10.4 Å². The molecule has 0 aliphatic heterocycles. The molecule has 1 heterocycles.